The van der Waals surface area contributed by atoms with Crippen LogP contribution in [-0.2, 0) is 11.0 Å². The summed E-state index contributed by atoms with van der Waals surface area (Å²) in [6, 6.07) is 4.29. The summed E-state index contributed by atoms with van der Waals surface area (Å²) in [5.74, 6) is -0.541. The van der Waals surface area contributed by atoms with Crippen molar-refractivity contribution in [2.75, 3.05) is 20.1 Å². The Bertz CT molecular complexity index is 590. The molecule has 1 unspecified atom stereocenters. The van der Waals surface area contributed by atoms with Crippen molar-refractivity contribution in [1.82, 2.24) is 15.5 Å². The fraction of sp³-hybridized carbons (Fsp3) is 0.467. The highest BCUT2D eigenvalue weighted by Gasteiger charge is 2.38. The Morgan fingerprint density at radius 3 is 2.65 bits per heavy atom. The average molecular weight is 329 g/mol. The summed E-state index contributed by atoms with van der Waals surface area (Å²) >= 11 is 0. The molecule has 0 bridgehead atoms. The third kappa shape index (κ3) is 4.22. The molecule has 1 aromatic rings. The summed E-state index contributed by atoms with van der Waals surface area (Å²) in [5, 5.41) is 4.38. The number of alkyl halides is 3. The Hall–Kier alpha value is -2.09. The predicted octanol–water partition coefficient (Wildman–Crippen LogP) is 2.30. The van der Waals surface area contributed by atoms with Crippen LogP contribution in [0.3, 0.4) is 0 Å². The van der Waals surface area contributed by atoms with E-state index in [0.29, 0.717) is 19.4 Å². The van der Waals surface area contributed by atoms with Gasteiger partial charge in [0.15, 0.2) is 0 Å². The predicted molar refractivity (Wildman–Crippen MR) is 77.6 cm³/mol. The zero-order valence-corrected chi connectivity index (χ0v) is 12.6. The first kappa shape index (κ1) is 17.3. The van der Waals surface area contributed by atoms with Gasteiger partial charge in [0.1, 0.15) is 0 Å². The third-order valence-corrected chi connectivity index (χ3v) is 3.82. The molecule has 1 aliphatic rings. The molecule has 1 aliphatic heterocycles. The fourth-order valence-electron chi connectivity index (χ4n) is 2.83. The zero-order chi connectivity index (χ0) is 17.0. The zero-order valence-electron chi connectivity index (χ0n) is 12.6. The van der Waals surface area contributed by atoms with Crippen molar-refractivity contribution in [1.29, 1.82) is 0 Å². The molecule has 0 radical (unpaired) electrons. The molecule has 1 saturated heterocycles. The van der Waals surface area contributed by atoms with Crippen LogP contribution in [0.25, 0.3) is 0 Å². The summed E-state index contributed by atoms with van der Waals surface area (Å²) in [4.78, 5) is 24.6. The molecule has 1 atom stereocenters. The summed E-state index contributed by atoms with van der Waals surface area (Å²) < 4.78 is 39.5. The quantitative estimate of drug-likeness (QED) is 0.894. The number of nitrogens with one attached hydrogen (secondary N) is 2. The lowest BCUT2D eigenvalue weighted by Crippen LogP contribution is -2.43. The van der Waals surface area contributed by atoms with Gasteiger partial charge >= 0.3 is 12.2 Å². The van der Waals surface area contributed by atoms with Crippen LogP contribution in [0.2, 0.25) is 0 Å². The van der Waals surface area contributed by atoms with Gasteiger partial charge in [-0.25, -0.2) is 4.79 Å². The van der Waals surface area contributed by atoms with Crippen molar-refractivity contribution in [2.24, 2.45) is 0 Å². The minimum atomic E-state index is -4.44. The van der Waals surface area contributed by atoms with Crippen LogP contribution in [0.15, 0.2) is 24.3 Å². The summed E-state index contributed by atoms with van der Waals surface area (Å²) in [6.45, 7) is 0.391. The molecular weight excluding hydrogens is 311 g/mol. The number of amides is 3. The maximum absolute atomic E-state index is 13.2. The molecule has 0 saturated carbocycles. The second-order valence-corrected chi connectivity index (χ2v) is 5.34. The molecule has 0 aliphatic carbocycles. The number of carbonyl (C=O) groups is 2. The van der Waals surface area contributed by atoms with E-state index < -0.39 is 29.7 Å². The number of rotatable bonds is 3. The second kappa shape index (κ2) is 6.99. The lowest BCUT2D eigenvalue weighted by Gasteiger charge is -2.26. The monoisotopic (exact) mass is 329 g/mol. The van der Waals surface area contributed by atoms with Crippen molar-refractivity contribution in [3.63, 3.8) is 0 Å². The van der Waals surface area contributed by atoms with Crippen LogP contribution in [0, 0.1) is 0 Å². The van der Waals surface area contributed by atoms with Gasteiger partial charge in [-0.05, 0) is 31.0 Å². The molecule has 23 heavy (non-hydrogen) atoms. The van der Waals surface area contributed by atoms with Gasteiger partial charge in [-0.1, -0.05) is 18.2 Å². The molecule has 2 rings (SSSR count). The van der Waals surface area contributed by atoms with E-state index in [1.807, 2.05) is 0 Å². The maximum Gasteiger partial charge on any atom is 0.416 e. The number of likely N-dealkylation sites (tertiary alicyclic amines) is 1. The molecule has 5 nitrogen and oxygen atoms in total. The molecule has 0 aromatic heterocycles. The van der Waals surface area contributed by atoms with Gasteiger partial charge in [-0.2, -0.15) is 13.2 Å². The smallest absolute Gasteiger partial charge is 0.341 e. The Morgan fingerprint density at radius 1 is 1.30 bits per heavy atom. The lowest BCUT2D eigenvalue weighted by molar-refractivity contribution is -0.138. The van der Waals surface area contributed by atoms with Crippen LogP contribution in [0.1, 0.15) is 30.0 Å². The summed E-state index contributed by atoms with van der Waals surface area (Å²) in [5.41, 5.74) is -0.506. The molecule has 2 N–H and O–H groups in total. The number of nitrogens with zero attached hydrogens (tertiary/aromatic N) is 1. The van der Waals surface area contributed by atoms with E-state index in [9.17, 15) is 22.8 Å². The van der Waals surface area contributed by atoms with Gasteiger partial charge in [0.05, 0.1) is 12.1 Å². The van der Waals surface area contributed by atoms with Crippen molar-refractivity contribution >= 4 is 11.9 Å². The van der Waals surface area contributed by atoms with E-state index in [-0.39, 0.29) is 12.1 Å². The number of benzene rings is 1. The minimum Gasteiger partial charge on any atom is -0.341 e. The van der Waals surface area contributed by atoms with E-state index in [4.69, 9.17) is 0 Å². The summed E-state index contributed by atoms with van der Waals surface area (Å²) in [7, 11) is 1.38. The minimum absolute atomic E-state index is 0.121. The van der Waals surface area contributed by atoms with Crippen LogP contribution in [0.4, 0.5) is 18.0 Å². The lowest BCUT2D eigenvalue weighted by atomic mass is 9.98. The number of urea groups is 1. The first-order valence-electron chi connectivity index (χ1n) is 7.24. The Labute approximate surface area is 131 Å². The number of carbonyl (C=O) groups excluding carboxylic acids is 2. The highest BCUT2D eigenvalue weighted by Crippen LogP contribution is 2.39. The van der Waals surface area contributed by atoms with Crippen LogP contribution < -0.4 is 10.6 Å². The second-order valence-electron chi connectivity index (χ2n) is 5.34. The third-order valence-electron chi connectivity index (χ3n) is 3.82. The normalized spacial score (nSPS) is 18.7. The van der Waals surface area contributed by atoms with E-state index in [1.54, 1.807) is 11.0 Å². The molecular formula is C15H18F3N3O2. The van der Waals surface area contributed by atoms with Crippen molar-refractivity contribution < 1.29 is 22.8 Å². The Kier molecular flexibility index (Phi) is 5.25. The number of hydrogen-bond donors (Lipinski definition) is 2. The standard InChI is InChI=1S/C15H18F3N3O2/c1-19-14(23)20-13(22)9-21-8-4-7-12(21)10-5-2-3-6-11(10)15(16,17)18/h2-3,5-6,12H,4,7-9H2,1H3,(H2,19,20,22,23). The van der Waals surface area contributed by atoms with Crippen molar-refractivity contribution in [3.8, 4) is 0 Å². The highest BCUT2D eigenvalue weighted by molar-refractivity contribution is 5.95. The number of imide groups is 1. The van der Waals surface area contributed by atoms with E-state index in [1.165, 1.54) is 19.2 Å². The Balaban J connectivity index is 2.17. The van der Waals surface area contributed by atoms with Gasteiger partial charge in [-0.15, -0.1) is 0 Å². The SMILES string of the molecule is CNC(=O)NC(=O)CN1CCCC1c1ccccc1C(F)(F)F. The first-order chi connectivity index (χ1) is 10.8. The number of hydrogen-bond acceptors (Lipinski definition) is 3. The van der Waals surface area contributed by atoms with Crippen molar-refractivity contribution in [2.45, 2.75) is 25.1 Å². The van der Waals surface area contributed by atoms with Gasteiger partial charge in [-0.3, -0.25) is 15.0 Å². The first-order valence-corrected chi connectivity index (χ1v) is 7.24. The topological polar surface area (TPSA) is 61.4 Å². The van der Waals surface area contributed by atoms with Gasteiger partial charge in [0, 0.05) is 13.1 Å². The largest absolute Gasteiger partial charge is 0.416 e. The van der Waals surface area contributed by atoms with Crippen LogP contribution in [0.5, 0.6) is 0 Å². The van der Waals surface area contributed by atoms with Gasteiger partial charge in [0.25, 0.3) is 0 Å². The van der Waals surface area contributed by atoms with Gasteiger partial charge < -0.3 is 5.32 Å². The Morgan fingerprint density at radius 2 is 2.00 bits per heavy atom. The van der Waals surface area contributed by atoms with Crippen molar-refractivity contribution in [3.05, 3.63) is 35.4 Å². The van der Waals surface area contributed by atoms with Crippen LogP contribution in [-0.4, -0.2) is 37.0 Å². The molecule has 0 spiro atoms. The number of halogens is 3. The fourth-order valence-corrected chi connectivity index (χ4v) is 2.83. The maximum atomic E-state index is 13.2. The summed E-state index contributed by atoms with van der Waals surface area (Å²) in [6.07, 6.45) is -3.19. The molecule has 1 fully saturated rings. The molecule has 1 heterocycles. The van der Waals surface area contributed by atoms with Crippen LogP contribution >= 0.6 is 0 Å². The molecule has 1 aromatic carbocycles. The van der Waals surface area contributed by atoms with E-state index in [2.05, 4.69) is 10.6 Å². The molecule has 3 amide bonds. The molecule has 8 heteroatoms. The van der Waals surface area contributed by atoms with E-state index >= 15 is 0 Å². The average Bonchev–Trinajstić information content (AvgIpc) is 2.94. The molecule has 126 valence electrons. The van der Waals surface area contributed by atoms with Gasteiger partial charge in [0.2, 0.25) is 5.91 Å². The van der Waals surface area contributed by atoms with E-state index in [0.717, 1.165) is 6.07 Å². The highest BCUT2D eigenvalue weighted by atomic mass is 19.4.